The van der Waals surface area contributed by atoms with E-state index in [1.165, 1.54) is 51.4 Å². The zero-order valence-corrected chi connectivity index (χ0v) is 29.6. The smallest absolute Gasteiger partial charge is 0.306 e. The second-order valence-corrected chi connectivity index (χ2v) is 11.9. The van der Waals surface area contributed by atoms with E-state index in [0.29, 0.717) is 12.8 Å². The van der Waals surface area contributed by atoms with Crippen molar-refractivity contribution in [2.75, 3.05) is 13.2 Å². The van der Waals surface area contributed by atoms with Gasteiger partial charge in [0, 0.05) is 12.8 Å². The molecule has 5 nitrogen and oxygen atoms in total. The summed E-state index contributed by atoms with van der Waals surface area (Å²) < 4.78 is 10.5. The molecule has 0 rings (SSSR count). The molecule has 0 fully saturated rings. The van der Waals surface area contributed by atoms with Gasteiger partial charge in [0.1, 0.15) is 6.61 Å². The molecule has 46 heavy (non-hydrogen) atoms. The van der Waals surface area contributed by atoms with E-state index in [2.05, 4.69) is 86.8 Å². The van der Waals surface area contributed by atoms with Crippen molar-refractivity contribution in [3.63, 3.8) is 0 Å². The molecule has 0 aromatic rings. The number of unbranched alkanes of at least 4 members (excludes halogenated alkanes) is 12. The first kappa shape index (κ1) is 43.3. The zero-order valence-electron chi connectivity index (χ0n) is 29.6. The molecule has 0 aromatic carbocycles. The number of carbonyl (C=O) groups is 2. The molecule has 0 aromatic heterocycles. The molecule has 0 bridgehead atoms. The summed E-state index contributed by atoms with van der Waals surface area (Å²) in [4.78, 5) is 24.1. The highest BCUT2D eigenvalue weighted by atomic mass is 16.6. The van der Waals surface area contributed by atoms with Gasteiger partial charge in [-0.05, 0) is 64.2 Å². The Labute approximate surface area is 283 Å². The molecule has 0 aliphatic carbocycles. The lowest BCUT2D eigenvalue weighted by Gasteiger charge is -2.15. The molecule has 0 aliphatic heterocycles. The van der Waals surface area contributed by atoms with E-state index in [4.69, 9.17) is 9.47 Å². The largest absolute Gasteiger partial charge is 0.462 e. The second-order valence-electron chi connectivity index (χ2n) is 11.9. The Balaban J connectivity index is 3.71. The van der Waals surface area contributed by atoms with Gasteiger partial charge in [0.25, 0.3) is 0 Å². The van der Waals surface area contributed by atoms with E-state index in [1.807, 2.05) is 0 Å². The predicted octanol–water partition coefficient (Wildman–Crippen LogP) is 11.4. The summed E-state index contributed by atoms with van der Waals surface area (Å²) in [7, 11) is 0. The Bertz CT molecular complexity index is 864. The molecule has 262 valence electrons. The van der Waals surface area contributed by atoms with Gasteiger partial charge in [-0.1, -0.05) is 151 Å². The zero-order chi connectivity index (χ0) is 33.6. The molecular weight excluding hydrogens is 572 g/mol. The normalized spacial score (nSPS) is 13.0. The highest BCUT2D eigenvalue weighted by molar-refractivity contribution is 5.70. The fraction of sp³-hybridized carbons (Fsp3) is 0.659. The van der Waals surface area contributed by atoms with Crippen LogP contribution in [0.1, 0.15) is 155 Å². The monoisotopic (exact) mass is 641 g/mol. The van der Waals surface area contributed by atoms with Gasteiger partial charge >= 0.3 is 11.9 Å². The average Bonchev–Trinajstić information content (AvgIpc) is 3.06. The van der Waals surface area contributed by atoms with Gasteiger partial charge in [-0.3, -0.25) is 9.59 Å². The van der Waals surface area contributed by atoms with E-state index in [9.17, 15) is 14.7 Å². The van der Waals surface area contributed by atoms with Crippen molar-refractivity contribution in [1.82, 2.24) is 0 Å². The van der Waals surface area contributed by atoms with Gasteiger partial charge in [-0.25, -0.2) is 0 Å². The van der Waals surface area contributed by atoms with Crippen LogP contribution in [0.2, 0.25) is 0 Å². The Hall–Kier alpha value is -2.66. The van der Waals surface area contributed by atoms with Crippen molar-refractivity contribution >= 4 is 11.9 Å². The van der Waals surface area contributed by atoms with Crippen LogP contribution in [0, 0.1) is 0 Å². The molecule has 1 atom stereocenters. The van der Waals surface area contributed by atoms with Crippen molar-refractivity contribution in [2.24, 2.45) is 0 Å². The lowest BCUT2D eigenvalue weighted by atomic mass is 10.1. The van der Waals surface area contributed by atoms with Crippen LogP contribution < -0.4 is 0 Å². The fourth-order valence-corrected chi connectivity index (χ4v) is 4.73. The highest BCUT2D eigenvalue weighted by Gasteiger charge is 2.16. The molecule has 0 heterocycles. The summed E-state index contributed by atoms with van der Waals surface area (Å²) in [5.74, 6) is -0.648. The quantitative estimate of drug-likeness (QED) is 0.0450. The third-order valence-corrected chi connectivity index (χ3v) is 7.51. The van der Waals surface area contributed by atoms with E-state index in [-0.39, 0.29) is 25.2 Å². The molecule has 1 unspecified atom stereocenters. The number of hydrogen-bond donors (Lipinski definition) is 1. The standard InChI is InChI=1S/C41H68O5/c1-3-5-7-9-11-13-15-16-17-18-19-20-21-22-23-24-26-28-30-32-34-36-41(44)46-39(37-42)38-45-40(43)35-33-31-29-27-25-14-12-10-8-6-4-2/h5,7,11,13,16-17,19-20,22-23,26,28,39,42H,3-4,6,8-10,12,14-15,18,21,24-25,27,29-38H2,1-2H3/b7-5-,13-11-,17-16-,20-19-,23-22-,28-26-. The number of hydrogen-bond acceptors (Lipinski definition) is 5. The lowest BCUT2D eigenvalue weighted by molar-refractivity contribution is -0.161. The molecule has 1 N–H and O–H groups in total. The van der Waals surface area contributed by atoms with Crippen molar-refractivity contribution in [3.8, 4) is 0 Å². The summed E-state index contributed by atoms with van der Waals surface area (Å²) in [5, 5.41) is 9.52. The van der Waals surface area contributed by atoms with Gasteiger partial charge in [0.15, 0.2) is 6.10 Å². The maximum atomic E-state index is 12.1. The van der Waals surface area contributed by atoms with Crippen LogP contribution in [0.4, 0.5) is 0 Å². The summed E-state index contributed by atoms with van der Waals surface area (Å²) in [6.45, 7) is 3.96. The first-order valence-corrected chi connectivity index (χ1v) is 18.5. The number of carbonyl (C=O) groups excluding carboxylic acids is 2. The number of aliphatic hydroxyl groups is 1. The van der Waals surface area contributed by atoms with E-state index in [0.717, 1.165) is 77.0 Å². The van der Waals surface area contributed by atoms with Crippen molar-refractivity contribution in [1.29, 1.82) is 0 Å². The number of aliphatic hydroxyl groups excluding tert-OH is 1. The highest BCUT2D eigenvalue weighted by Crippen LogP contribution is 2.12. The van der Waals surface area contributed by atoms with Crippen LogP contribution in [0.3, 0.4) is 0 Å². The third kappa shape index (κ3) is 34.2. The minimum atomic E-state index is -0.794. The summed E-state index contributed by atoms with van der Waals surface area (Å²) in [6, 6.07) is 0. The Morgan fingerprint density at radius 3 is 1.41 bits per heavy atom. The topological polar surface area (TPSA) is 72.8 Å². The second kappa shape index (κ2) is 36.8. The van der Waals surface area contributed by atoms with Gasteiger partial charge in [0.2, 0.25) is 0 Å². The number of rotatable bonds is 32. The number of esters is 2. The SMILES string of the molecule is CC/C=C\C/C=C\C/C=C\C/C=C\C/C=C\C/C=C\CCCCC(=O)OC(CO)COC(=O)CCCCCCCCCCCCC. The van der Waals surface area contributed by atoms with Crippen LogP contribution in [0.25, 0.3) is 0 Å². The molecule has 0 amide bonds. The summed E-state index contributed by atoms with van der Waals surface area (Å²) >= 11 is 0. The number of allylic oxidation sites excluding steroid dienone is 12. The minimum absolute atomic E-state index is 0.0857. The molecule has 0 saturated heterocycles. The molecule has 0 radical (unpaired) electrons. The van der Waals surface area contributed by atoms with Crippen molar-refractivity contribution < 1.29 is 24.2 Å². The first-order chi connectivity index (χ1) is 22.6. The van der Waals surface area contributed by atoms with Gasteiger partial charge < -0.3 is 14.6 Å². The van der Waals surface area contributed by atoms with Crippen LogP contribution in [0.5, 0.6) is 0 Å². The van der Waals surface area contributed by atoms with Crippen molar-refractivity contribution in [3.05, 3.63) is 72.9 Å². The molecular formula is C41H68O5. The third-order valence-electron chi connectivity index (χ3n) is 7.51. The van der Waals surface area contributed by atoms with E-state index < -0.39 is 6.10 Å². The fourth-order valence-electron chi connectivity index (χ4n) is 4.73. The molecule has 0 saturated carbocycles. The molecule has 0 aliphatic rings. The molecule has 0 spiro atoms. The van der Waals surface area contributed by atoms with Crippen LogP contribution in [-0.2, 0) is 19.1 Å². The Morgan fingerprint density at radius 2 is 0.935 bits per heavy atom. The molecule has 5 heteroatoms. The summed E-state index contributed by atoms with van der Waals surface area (Å²) in [5.41, 5.74) is 0. The van der Waals surface area contributed by atoms with Crippen LogP contribution in [-0.4, -0.2) is 36.4 Å². The van der Waals surface area contributed by atoms with Crippen LogP contribution in [0.15, 0.2) is 72.9 Å². The number of ether oxygens (including phenoxy) is 2. The van der Waals surface area contributed by atoms with Crippen LogP contribution >= 0.6 is 0 Å². The first-order valence-electron chi connectivity index (χ1n) is 18.5. The maximum absolute atomic E-state index is 12.1. The predicted molar refractivity (Wildman–Crippen MR) is 196 cm³/mol. The Kier molecular flexibility index (Phi) is 34.7. The summed E-state index contributed by atoms with van der Waals surface area (Å²) in [6.07, 6.45) is 48.2. The lowest BCUT2D eigenvalue weighted by Crippen LogP contribution is -2.28. The van der Waals surface area contributed by atoms with E-state index in [1.54, 1.807) is 0 Å². The van der Waals surface area contributed by atoms with Gasteiger partial charge in [0.05, 0.1) is 6.61 Å². The minimum Gasteiger partial charge on any atom is -0.462 e. The maximum Gasteiger partial charge on any atom is 0.306 e. The van der Waals surface area contributed by atoms with Crippen molar-refractivity contribution in [2.45, 2.75) is 161 Å². The van der Waals surface area contributed by atoms with Gasteiger partial charge in [-0.15, -0.1) is 0 Å². The van der Waals surface area contributed by atoms with E-state index >= 15 is 0 Å². The Morgan fingerprint density at radius 1 is 0.522 bits per heavy atom. The average molecular weight is 641 g/mol. The van der Waals surface area contributed by atoms with Gasteiger partial charge in [-0.2, -0.15) is 0 Å².